The molecule has 0 bridgehead atoms. The first-order valence-corrected chi connectivity index (χ1v) is 10.6. The van der Waals surface area contributed by atoms with Crippen molar-refractivity contribution < 1.29 is 19.1 Å². The van der Waals surface area contributed by atoms with Crippen molar-refractivity contribution >= 4 is 23.4 Å². The Morgan fingerprint density at radius 2 is 1.71 bits per heavy atom. The lowest BCUT2D eigenvalue weighted by Crippen LogP contribution is -2.43. The summed E-state index contributed by atoms with van der Waals surface area (Å²) in [6.07, 6.45) is 3.85. The number of amides is 3. The van der Waals surface area contributed by atoms with E-state index in [-0.39, 0.29) is 17.5 Å². The van der Waals surface area contributed by atoms with Crippen LogP contribution in [0.4, 0.5) is 5.69 Å². The van der Waals surface area contributed by atoms with Gasteiger partial charge in [-0.3, -0.25) is 14.4 Å². The lowest BCUT2D eigenvalue weighted by Gasteiger charge is -2.26. The monoisotopic (exact) mass is 423 g/mol. The molecular weight excluding hydrogens is 394 g/mol. The van der Waals surface area contributed by atoms with E-state index >= 15 is 0 Å². The van der Waals surface area contributed by atoms with Crippen molar-refractivity contribution in [2.45, 2.75) is 45.2 Å². The van der Waals surface area contributed by atoms with E-state index < -0.39 is 11.8 Å². The van der Waals surface area contributed by atoms with Gasteiger partial charge in [-0.25, -0.2) is 0 Å². The maximum absolute atomic E-state index is 12.7. The molecule has 1 saturated carbocycles. The largest absolute Gasteiger partial charge is 0.497 e. The normalized spacial score (nSPS) is 18.0. The van der Waals surface area contributed by atoms with Crippen molar-refractivity contribution in [3.63, 3.8) is 0 Å². The van der Waals surface area contributed by atoms with Gasteiger partial charge >= 0.3 is 11.8 Å². The number of hydrogen-bond donors (Lipinski definition) is 3. The fourth-order valence-electron chi connectivity index (χ4n) is 3.68. The number of para-hydroxylation sites is 1. The van der Waals surface area contributed by atoms with Gasteiger partial charge in [0.2, 0.25) is 0 Å². The van der Waals surface area contributed by atoms with E-state index in [0.717, 1.165) is 31.2 Å². The summed E-state index contributed by atoms with van der Waals surface area (Å²) in [6, 6.07) is 14.0. The molecule has 0 radical (unpaired) electrons. The Labute approximate surface area is 182 Å². The van der Waals surface area contributed by atoms with Gasteiger partial charge < -0.3 is 20.7 Å². The van der Waals surface area contributed by atoms with Crippen LogP contribution in [0.5, 0.6) is 5.75 Å². The summed E-state index contributed by atoms with van der Waals surface area (Å²) in [6.45, 7) is 2.50. The number of rotatable bonds is 6. The van der Waals surface area contributed by atoms with E-state index in [4.69, 9.17) is 4.74 Å². The van der Waals surface area contributed by atoms with Gasteiger partial charge in [-0.05, 0) is 61.4 Å². The van der Waals surface area contributed by atoms with Crippen LogP contribution in [0, 0.1) is 5.92 Å². The Balaban J connectivity index is 1.59. The van der Waals surface area contributed by atoms with Gasteiger partial charge in [0.15, 0.2) is 0 Å². The van der Waals surface area contributed by atoms with Crippen molar-refractivity contribution in [1.82, 2.24) is 10.6 Å². The lowest BCUT2D eigenvalue weighted by atomic mass is 9.87. The maximum Gasteiger partial charge on any atom is 0.313 e. The van der Waals surface area contributed by atoms with Crippen LogP contribution in [0.1, 0.15) is 48.5 Å². The van der Waals surface area contributed by atoms with Gasteiger partial charge in [0.05, 0.1) is 18.4 Å². The highest BCUT2D eigenvalue weighted by Crippen LogP contribution is 2.23. The number of carbonyl (C=O) groups excluding carboxylic acids is 3. The first-order chi connectivity index (χ1) is 15.0. The van der Waals surface area contributed by atoms with E-state index in [2.05, 4.69) is 22.9 Å². The van der Waals surface area contributed by atoms with Crippen LogP contribution in [0.15, 0.2) is 48.5 Å². The molecule has 0 saturated heterocycles. The minimum absolute atomic E-state index is 0.0239. The fourth-order valence-corrected chi connectivity index (χ4v) is 3.68. The van der Waals surface area contributed by atoms with Gasteiger partial charge in [0.1, 0.15) is 5.75 Å². The first-order valence-electron chi connectivity index (χ1n) is 10.6. The Bertz CT molecular complexity index is 936. The Morgan fingerprint density at radius 1 is 0.968 bits per heavy atom. The number of nitrogens with one attached hydrogen (secondary N) is 3. The molecule has 31 heavy (non-hydrogen) atoms. The van der Waals surface area contributed by atoms with E-state index in [1.54, 1.807) is 31.4 Å². The van der Waals surface area contributed by atoms with Crippen molar-refractivity contribution in [2.75, 3.05) is 12.4 Å². The molecule has 1 aliphatic rings. The maximum atomic E-state index is 12.7. The summed E-state index contributed by atoms with van der Waals surface area (Å²) in [5.74, 6) is -0.430. The quantitative estimate of drug-likeness (QED) is 0.622. The van der Waals surface area contributed by atoms with Crippen LogP contribution >= 0.6 is 0 Å². The van der Waals surface area contributed by atoms with Crippen molar-refractivity contribution in [1.29, 1.82) is 0 Å². The molecule has 2 aromatic rings. The fraction of sp³-hybridized carbons (Fsp3) is 0.375. The third kappa shape index (κ3) is 6.31. The minimum Gasteiger partial charge on any atom is -0.497 e. The van der Waals surface area contributed by atoms with Crippen LogP contribution in [0.2, 0.25) is 0 Å². The number of carbonyl (C=O) groups is 3. The predicted octanol–water partition coefficient (Wildman–Crippen LogP) is 3.26. The van der Waals surface area contributed by atoms with Crippen molar-refractivity contribution in [3.8, 4) is 5.75 Å². The number of ether oxygens (including phenoxy) is 1. The minimum atomic E-state index is -0.772. The standard InChI is InChI=1S/C24H29N3O4/c1-16-10-12-18(13-11-16)26-23(29)24(30)27-21-9-4-3-8-20(21)22(28)25-15-17-6-5-7-19(14-17)31-2/h3-9,14,16,18H,10-13,15H2,1-2H3,(H,25,28)(H,26,29)(H,27,30). The summed E-state index contributed by atoms with van der Waals surface area (Å²) in [7, 11) is 1.58. The summed E-state index contributed by atoms with van der Waals surface area (Å²) >= 11 is 0. The third-order valence-corrected chi connectivity index (χ3v) is 5.56. The van der Waals surface area contributed by atoms with Crippen LogP contribution in [0.3, 0.4) is 0 Å². The molecule has 7 heteroatoms. The molecule has 1 aliphatic carbocycles. The molecule has 0 heterocycles. The van der Waals surface area contributed by atoms with Crippen LogP contribution in [-0.4, -0.2) is 30.9 Å². The summed E-state index contributed by atoms with van der Waals surface area (Å²) < 4.78 is 5.19. The van der Waals surface area contributed by atoms with E-state index in [0.29, 0.717) is 23.9 Å². The third-order valence-electron chi connectivity index (χ3n) is 5.56. The number of anilines is 1. The molecule has 0 unspecified atom stereocenters. The van der Waals surface area contributed by atoms with Gasteiger partial charge in [-0.2, -0.15) is 0 Å². The Kier molecular flexibility index (Phi) is 7.65. The van der Waals surface area contributed by atoms with E-state index in [9.17, 15) is 14.4 Å². The predicted molar refractivity (Wildman–Crippen MR) is 119 cm³/mol. The molecule has 2 aromatic carbocycles. The number of methoxy groups -OCH3 is 1. The van der Waals surface area contributed by atoms with Gasteiger partial charge in [-0.1, -0.05) is 31.2 Å². The highest BCUT2D eigenvalue weighted by atomic mass is 16.5. The molecule has 3 rings (SSSR count). The second-order valence-corrected chi connectivity index (χ2v) is 7.96. The highest BCUT2D eigenvalue weighted by molar-refractivity contribution is 6.40. The Morgan fingerprint density at radius 3 is 2.45 bits per heavy atom. The van der Waals surface area contributed by atoms with Crippen LogP contribution in [0.25, 0.3) is 0 Å². The molecule has 0 spiro atoms. The lowest BCUT2D eigenvalue weighted by molar-refractivity contribution is -0.136. The topological polar surface area (TPSA) is 96.5 Å². The smallest absolute Gasteiger partial charge is 0.313 e. The second-order valence-electron chi connectivity index (χ2n) is 7.96. The summed E-state index contributed by atoms with van der Waals surface area (Å²) in [5, 5.41) is 8.21. The van der Waals surface area contributed by atoms with Crippen LogP contribution < -0.4 is 20.7 Å². The highest BCUT2D eigenvalue weighted by Gasteiger charge is 2.23. The van der Waals surface area contributed by atoms with Gasteiger partial charge in [0.25, 0.3) is 5.91 Å². The SMILES string of the molecule is COc1cccc(CNC(=O)c2ccccc2NC(=O)C(=O)NC2CCC(C)CC2)c1. The van der Waals surface area contributed by atoms with Gasteiger partial charge in [-0.15, -0.1) is 0 Å². The molecule has 0 atom stereocenters. The van der Waals surface area contributed by atoms with Gasteiger partial charge in [0, 0.05) is 12.6 Å². The summed E-state index contributed by atoms with van der Waals surface area (Å²) in [5.41, 5.74) is 1.47. The molecule has 0 aliphatic heterocycles. The molecular formula is C24H29N3O4. The zero-order valence-corrected chi connectivity index (χ0v) is 17.9. The summed E-state index contributed by atoms with van der Waals surface area (Å²) in [4.78, 5) is 37.4. The molecule has 3 N–H and O–H groups in total. The Hall–Kier alpha value is -3.35. The zero-order valence-electron chi connectivity index (χ0n) is 17.9. The molecule has 3 amide bonds. The second kappa shape index (κ2) is 10.6. The number of benzene rings is 2. The molecule has 0 aromatic heterocycles. The van der Waals surface area contributed by atoms with Crippen LogP contribution in [-0.2, 0) is 16.1 Å². The molecule has 1 fully saturated rings. The first kappa shape index (κ1) is 22.3. The average Bonchev–Trinajstić information content (AvgIpc) is 2.79. The average molecular weight is 424 g/mol. The van der Waals surface area contributed by atoms with E-state index in [1.807, 2.05) is 24.3 Å². The molecule has 164 valence electrons. The zero-order chi connectivity index (χ0) is 22.2. The van der Waals surface area contributed by atoms with Crippen molar-refractivity contribution in [3.05, 3.63) is 59.7 Å². The van der Waals surface area contributed by atoms with E-state index in [1.165, 1.54) is 0 Å². The molecule has 7 nitrogen and oxygen atoms in total. The number of hydrogen-bond acceptors (Lipinski definition) is 4. The van der Waals surface area contributed by atoms with Crippen molar-refractivity contribution in [2.24, 2.45) is 5.92 Å².